The summed E-state index contributed by atoms with van der Waals surface area (Å²) in [6.45, 7) is 0.715. The number of nitrogens with zero attached hydrogens (tertiary/aromatic N) is 1. The van der Waals surface area contributed by atoms with Gasteiger partial charge < -0.3 is 10.6 Å². The Morgan fingerprint density at radius 3 is 2.65 bits per heavy atom. The maximum atomic E-state index is 13.9. The smallest absolute Gasteiger partial charge is 0.244 e. The number of anilines is 1. The Morgan fingerprint density at radius 1 is 1.16 bits per heavy atom. The van der Waals surface area contributed by atoms with Crippen molar-refractivity contribution in [3.63, 3.8) is 0 Å². The van der Waals surface area contributed by atoms with Crippen molar-refractivity contribution in [1.82, 2.24) is 15.0 Å². The van der Waals surface area contributed by atoms with Crippen LogP contribution in [-0.2, 0) is 14.8 Å². The van der Waals surface area contributed by atoms with Crippen LogP contribution in [0.4, 0.5) is 9.52 Å². The number of halogens is 1. The van der Waals surface area contributed by atoms with Crippen molar-refractivity contribution >= 4 is 54.4 Å². The lowest BCUT2D eigenvalue weighted by Crippen LogP contribution is -2.48. The maximum absolute atomic E-state index is 13.9. The predicted octanol–water partition coefficient (Wildman–Crippen LogP) is 3.06. The first-order chi connectivity index (χ1) is 14.9. The topological polar surface area (TPSA) is 100 Å². The monoisotopic (exact) mass is 482 g/mol. The van der Waals surface area contributed by atoms with E-state index in [9.17, 15) is 17.6 Å². The number of rotatable bonds is 11. The summed E-state index contributed by atoms with van der Waals surface area (Å²) in [5.41, 5.74) is 0.902. The zero-order valence-corrected chi connectivity index (χ0v) is 19.2. The van der Waals surface area contributed by atoms with Gasteiger partial charge in [0.15, 0.2) is 5.13 Å². The number of benzene rings is 2. The molecule has 0 saturated carbocycles. The van der Waals surface area contributed by atoms with E-state index in [1.807, 2.05) is 30.5 Å². The van der Waals surface area contributed by atoms with Crippen molar-refractivity contribution in [2.24, 2.45) is 0 Å². The molecule has 0 aliphatic carbocycles. The summed E-state index contributed by atoms with van der Waals surface area (Å²) < 4.78 is 42.5. The number of aromatic nitrogens is 1. The second kappa shape index (κ2) is 10.9. The fourth-order valence-corrected chi connectivity index (χ4v) is 5.49. The molecule has 0 spiro atoms. The molecule has 1 heterocycles. The van der Waals surface area contributed by atoms with Crippen LogP contribution in [0.2, 0.25) is 0 Å². The van der Waals surface area contributed by atoms with Gasteiger partial charge in [-0.1, -0.05) is 35.6 Å². The Morgan fingerprint density at radius 2 is 1.90 bits per heavy atom. The lowest BCUT2D eigenvalue weighted by molar-refractivity contribution is -0.122. The number of sulfonamides is 1. The van der Waals surface area contributed by atoms with E-state index in [2.05, 4.69) is 20.3 Å². The van der Waals surface area contributed by atoms with Gasteiger partial charge in [0.1, 0.15) is 16.8 Å². The van der Waals surface area contributed by atoms with Crippen molar-refractivity contribution in [3.05, 3.63) is 54.3 Å². The van der Waals surface area contributed by atoms with Crippen molar-refractivity contribution in [2.75, 3.05) is 30.4 Å². The molecule has 1 aromatic heterocycles. The van der Waals surface area contributed by atoms with Crippen molar-refractivity contribution in [1.29, 1.82) is 0 Å². The normalized spacial score (nSPS) is 12.6. The lowest BCUT2D eigenvalue weighted by Gasteiger charge is -2.18. The molecule has 3 rings (SSSR count). The molecule has 0 radical (unpaired) electrons. The molecule has 1 unspecified atom stereocenters. The van der Waals surface area contributed by atoms with E-state index >= 15 is 0 Å². The zero-order chi connectivity index (χ0) is 22.3. The Hall–Kier alpha value is -2.21. The van der Waals surface area contributed by atoms with Crippen LogP contribution in [0.1, 0.15) is 6.42 Å². The van der Waals surface area contributed by atoms with E-state index in [4.69, 9.17) is 0 Å². The van der Waals surface area contributed by atoms with Gasteiger partial charge in [0.2, 0.25) is 15.9 Å². The molecule has 1 atom stereocenters. The molecule has 166 valence electrons. The molecular weight excluding hydrogens is 459 g/mol. The predicted molar refractivity (Wildman–Crippen MR) is 125 cm³/mol. The summed E-state index contributed by atoms with van der Waals surface area (Å²) in [5.74, 6) is -0.749. The number of carbonyl (C=O) groups is 1. The summed E-state index contributed by atoms with van der Waals surface area (Å²) in [6.07, 6.45) is 2.15. The summed E-state index contributed by atoms with van der Waals surface area (Å²) in [6, 6.07) is 11.9. The van der Waals surface area contributed by atoms with Crippen LogP contribution in [-0.4, -0.2) is 50.4 Å². The highest BCUT2D eigenvalue weighted by molar-refractivity contribution is 7.98. The SMILES string of the molecule is CSCCC(NS(=O)(=O)c1ccccc1F)C(=O)NCCNc1nc2ccccc2s1. The number of hydrogen-bond donors (Lipinski definition) is 3. The Labute approximate surface area is 188 Å². The largest absolute Gasteiger partial charge is 0.360 e. The first kappa shape index (κ1) is 23.5. The molecular formula is C20H23FN4O3S3. The number of carbonyl (C=O) groups excluding carboxylic acids is 1. The Kier molecular flexibility index (Phi) is 8.24. The van der Waals surface area contributed by atoms with Crippen molar-refractivity contribution < 1.29 is 17.6 Å². The summed E-state index contributed by atoms with van der Waals surface area (Å²) in [4.78, 5) is 16.6. The van der Waals surface area contributed by atoms with Gasteiger partial charge in [-0.2, -0.15) is 16.5 Å². The van der Waals surface area contributed by atoms with Crippen LogP contribution < -0.4 is 15.4 Å². The highest BCUT2D eigenvalue weighted by atomic mass is 32.2. The molecule has 0 fully saturated rings. The number of thioether (sulfide) groups is 1. The molecule has 0 bridgehead atoms. The van der Waals surface area contributed by atoms with E-state index in [1.165, 1.54) is 41.3 Å². The van der Waals surface area contributed by atoms with Gasteiger partial charge in [-0.3, -0.25) is 4.79 Å². The number of para-hydroxylation sites is 1. The molecule has 3 N–H and O–H groups in total. The van der Waals surface area contributed by atoms with Crippen LogP contribution >= 0.6 is 23.1 Å². The summed E-state index contributed by atoms with van der Waals surface area (Å²) in [5, 5.41) is 6.63. The third-order valence-electron chi connectivity index (χ3n) is 4.35. The molecule has 2 aromatic carbocycles. The first-order valence-corrected chi connectivity index (χ1v) is 13.2. The molecule has 0 saturated heterocycles. The lowest BCUT2D eigenvalue weighted by atomic mass is 10.2. The van der Waals surface area contributed by atoms with Crippen molar-refractivity contribution in [3.8, 4) is 0 Å². The van der Waals surface area contributed by atoms with Gasteiger partial charge in [0.05, 0.1) is 10.2 Å². The van der Waals surface area contributed by atoms with Gasteiger partial charge in [0.25, 0.3) is 0 Å². The number of nitrogens with one attached hydrogen (secondary N) is 3. The van der Waals surface area contributed by atoms with E-state index < -0.39 is 32.7 Å². The van der Waals surface area contributed by atoms with E-state index in [0.29, 0.717) is 12.3 Å². The van der Waals surface area contributed by atoms with Gasteiger partial charge >= 0.3 is 0 Å². The molecule has 0 aliphatic heterocycles. The minimum atomic E-state index is -4.17. The third-order valence-corrected chi connectivity index (χ3v) is 7.49. The molecule has 31 heavy (non-hydrogen) atoms. The fraction of sp³-hybridized carbons (Fsp3) is 0.300. The average molecular weight is 483 g/mol. The second-order valence-corrected chi connectivity index (χ2v) is 10.3. The molecule has 3 aromatic rings. The number of fused-ring (bicyclic) bond motifs is 1. The minimum Gasteiger partial charge on any atom is -0.360 e. The minimum absolute atomic E-state index is 0.284. The average Bonchev–Trinajstić information content (AvgIpc) is 3.17. The molecule has 0 aliphatic rings. The number of amides is 1. The van der Waals surface area contributed by atoms with E-state index in [1.54, 1.807) is 0 Å². The van der Waals surface area contributed by atoms with Gasteiger partial charge in [0, 0.05) is 13.1 Å². The van der Waals surface area contributed by atoms with Crippen LogP contribution in [0.5, 0.6) is 0 Å². The fourth-order valence-electron chi connectivity index (χ4n) is 2.82. The highest BCUT2D eigenvalue weighted by Crippen LogP contribution is 2.25. The number of thiazole rings is 1. The summed E-state index contributed by atoms with van der Waals surface area (Å²) >= 11 is 3.01. The molecule has 11 heteroatoms. The second-order valence-electron chi connectivity index (χ2n) is 6.59. The van der Waals surface area contributed by atoms with Crippen LogP contribution in [0.25, 0.3) is 10.2 Å². The Bertz CT molecular complexity index is 1100. The number of hydrogen-bond acceptors (Lipinski definition) is 7. The molecule has 1 amide bonds. The van der Waals surface area contributed by atoms with Gasteiger partial charge in [-0.05, 0) is 42.7 Å². The zero-order valence-electron chi connectivity index (χ0n) is 16.8. The molecule has 7 nitrogen and oxygen atoms in total. The third kappa shape index (κ3) is 6.39. The van der Waals surface area contributed by atoms with E-state index in [0.717, 1.165) is 21.4 Å². The van der Waals surface area contributed by atoms with Gasteiger partial charge in [-0.25, -0.2) is 17.8 Å². The highest BCUT2D eigenvalue weighted by Gasteiger charge is 2.27. The van der Waals surface area contributed by atoms with Crippen molar-refractivity contribution in [2.45, 2.75) is 17.4 Å². The summed E-state index contributed by atoms with van der Waals surface area (Å²) in [7, 11) is -4.17. The quantitative estimate of drug-likeness (QED) is 0.363. The van der Waals surface area contributed by atoms with E-state index in [-0.39, 0.29) is 13.0 Å². The Balaban J connectivity index is 1.57. The first-order valence-electron chi connectivity index (χ1n) is 9.53. The van der Waals surface area contributed by atoms with Crippen LogP contribution in [0.3, 0.4) is 0 Å². The van der Waals surface area contributed by atoms with Crippen LogP contribution in [0.15, 0.2) is 53.4 Å². The standard InChI is InChI=1S/C20H23FN4O3S3/c1-29-13-10-16(25-31(27,28)18-9-5-2-6-14(18)21)19(26)22-11-12-23-20-24-15-7-3-4-8-17(15)30-20/h2-9,16,25H,10-13H2,1H3,(H,22,26)(H,23,24). The van der Waals surface area contributed by atoms with Gasteiger partial charge in [-0.15, -0.1) is 0 Å². The van der Waals surface area contributed by atoms with Crippen LogP contribution in [0, 0.1) is 5.82 Å². The maximum Gasteiger partial charge on any atom is 0.244 e.